The van der Waals surface area contributed by atoms with Crippen molar-refractivity contribution in [1.29, 1.82) is 0 Å². The van der Waals surface area contributed by atoms with Crippen molar-refractivity contribution >= 4 is 28.7 Å². The minimum absolute atomic E-state index is 0.0900. The maximum atomic E-state index is 12.7. The van der Waals surface area contributed by atoms with Gasteiger partial charge >= 0.3 is 0 Å². The summed E-state index contributed by atoms with van der Waals surface area (Å²) < 4.78 is 7.69. The Hall–Kier alpha value is -2.47. The van der Waals surface area contributed by atoms with Crippen molar-refractivity contribution in [2.75, 3.05) is 6.61 Å². The van der Waals surface area contributed by atoms with E-state index in [1.165, 1.54) is 24.6 Å². The van der Waals surface area contributed by atoms with Crippen molar-refractivity contribution in [3.8, 4) is 11.4 Å². The van der Waals surface area contributed by atoms with Gasteiger partial charge in [-0.2, -0.15) is 0 Å². The highest BCUT2D eigenvalue weighted by atomic mass is 32.2. The first-order valence-electron chi connectivity index (χ1n) is 10.3. The lowest BCUT2D eigenvalue weighted by Crippen LogP contribution is -2.37. The Morgan fingerprint density at radius 3 is 2.66 bits per heavy atom. The van der Waals surface area contributed by atoms with Crippen molar-refractivity contribution in [1.82, 2.24) is 14.9 Å². The van der Waals surface area contributed by atoms with E-state index in [2.05, 4.69) is 16.0 Å². The zero-order chi connectivity index (χ0) is 20.2. The molecule has 0 spiro atoms. The fraction of sp³-hybridized carbons (Fsp3) is 0.391. The number of ether oxygens (including phenoxy) is 1. The predicted octanol–water partition coefficient (Wildman–Crippen LogP) is 4.96. The number of nitrogens with one attached hydrogen (secondary N) is 1. The number of rotatable bonds is 7. The van der Waals surface area contributed by atoms with E-state index in [0.29, 0.717) is 12.6 Å². The number of benzene rings is 2. The van der Waals surface area contributed by atoms with Crippen LogP contribution in [0.4, 0.5) is 0 Å². The van der Waals surface area contributed by atoms with Gasteiger partial charge < -0.3 is 10.1 Å². The van der Waals surface area contributed by atoms with Crippen LogP contribution in [0.1, 0.15) is 39.5 Å². The molecule has 152 valence electrons. The van der Waals surface area contributed by atoms with E-state index in [0.717, 1.165) is 40.5 Å². The van der Waals surface area contributed by atoms with Crippen molar-refractivity contribution in [2.45, 2.75) is 56.0 Å². The van der Waals surface area contributed by atoms with Gasteiger partial charge in [0.1, 0.15) is 5.75 Å². The summed E-state index contributed by atoms with van der Waals surface area (Å²) in [5.41, 5.74) is 2.96. The third-order valence-electron chi connectivity index (χ3n) is 5.29. The zero-order valence-corrected chi connectivity index (χ0v) is 17.7. The Labute approximate surface area is 175 Å². The molecule has 1 aliphatic rings. The number of imidazole rings is 1. The molecule has 1 aliphatic carbocycles. The number of fused-ring (bicyclic) bond motifs is 1. The molecule has 6 heteroatoms. The lowest BCUT2D eigenvalue weighted by molar-refractivity contribution is -0.120. The van der Waals surface area contributed by atoms with Gasteiger partial charge in [-0.25, -0.2) is 4.98 Å². The molecule has 1 saturated carbocycles. The minimum atomic E-state index is -0.214. The van der Waals surface area contributed by atoms with Crippen LogP contribution in [-0.2, 0) is 4.79 Å². The SMILES string of the molecule is CCOc1ccc(-n2c(SC(C)C(=O)NC3CCCC3)nc3ccccc32)cc1. The molecular formula is C23H27N3O2S. The fourth-order valence-corrected chi connectivity index (χ4v) is 4.74. The number of para-hydroxylation sites is 2. The first-order chi connectivity index (χ1) is 14.2. The third kappa shape index (κ3) is 4.42. The Morgan fingerprint density at radius 2 is 1.93 bits per heavy atom. The molecular weight excluding hydrogens is 382 g/mol. The Balaban J connectivity index is 1.61. The van der Waals surface area contributed by atoms with Crippen LogP contribution in [0.15, 0.2) is 53.7 Å². The number of amides is 1. The number of carbonyl (C=O) groups is 1. The molecule has 1 unspecified atom stereocenters. The zero-order valence-electron chi connectivity index (χ0n) is 16.9. The Bertz CT molecular complexity index is 977. The molecule has 1 aromatic heterocycles. The number of hydrogen-bond acceptors (Lipinski definition) is 4. The van der Waals surface area contributed by atoms with Crippen LogP contribution in [0.25, 0.3) is 16.7 Å². The summed E-state index contributed by atoms with van der Waals surface area (Å²) in [6, 6.07) is 16.4. The van der Waals surface area contributed by atoms with Gasteiger partial charge in [-0.15, -0.1) is 0 Å². The van der Waals surface area contributed by atoms with E-state index < -0.39 is 0 Å². The van der Waals surface area contributed by atoms with Gasteiger partial charge in [0, 0.05) is 11.7 Å². The van der Waals surface area contributed by atoms with Gasteiger partial charge in [-0.1, -0.05) is 36.7 Å². The summed E-state index contributed by atoms with van der Waals surface area (Å²) in [5, 5.41) is 3.81. The van der Waals surface area contributed by atoms with Crippen molar-refractivity contribution in [3.63, 3.8) is 0 Å². The average Bonchev–Trinajstić information content (AvgIpc) is 3.36. The summed E-state index contributed by atoms with van der Waals surface area (Å²) in [5.74, 6) is 0.936. The van der Waals surface area contributed by atoms with E-state index in [9.17, 15) is 4.79 Å². The van der Waals surface area contributed by atoms with Gasteiger partial charge in [-0.05, 0) is 63.1 Å². The van der Waals surface area contributed by atoms with Crippen molar-refractivity contribution in [3.05, 3.63) is 48.5 Å². The van der Waals surface area contributed by atoms with Gasteiger partial charge in [0.2, 0.25) is 5.91 Å². The second-order valence-electron chi connectivity index (χ2n) is 7.40. The van der Waals surface area contributed by atoms with Crippen LogP contribution in [0.5, 0.6) is 5.75 Å². The molecule has 3 aromatic rings. The van der Waals surface area contributed by atoms with E-state index in [-0.39, 0.29) is 11.2 Å². The molecule has 1 heterocycles. The van der Waals surface area contributed by atoms with Crippen LogP contribution in [0.2, 0.25) is 0 Å². The molecule has 0 radical (unpaired) electrons. The lowest BCUT2D eigenvalue weighted by Gasteiger charge is -2.17. The highest BCUT2D eigenvalue weighted by molar-refractivity contribution is 8.00. The molecule has 29 heavy (non-hydrogen) atoms. The summed E-state index contributed by atoms with van der Waals surface area (Å²) in [6.07, 6.45) is 4.60. The highest BCUT2D eigenvalue weighted by Gasteiger charge is 2.23. The second-order valence-corrected chi connectivity index (χ2v) is 8.70. The molecule has 2 aromatic carbocycles. The first kappa shape index (κ1) is 19.8. The summed E-state index contributed by atoms with van der Waals surface area (Å²) in [4.78, 5) is 17.5. The summed E-state index contributed by atoms with van der Waals surface area (Å²) in [6.45, 7) is 4.57. The van der Waals surface area contributed by atoms with Crippen LogP contribution in [0, 0.1) is 0 Å². The number of thioether (sulfide) groups is 1. The second kappa shape index (κ2) is 8.91. The Morgan fingerprint density at radius 1 is 1.21 bits per heavy atom. The van der Waals surface area contributed by atoms with Gasteiger partial charge in [0.05, 0.1) is 22.9 Å². The molecule has 5 nitrogen and oxygen atoms in total. The molecule has 1 fully saturated rings. The largest absolute Gasteiger partial charge is 0.494 e. The van der Waals surface area contributed by atoms with Crippen molar-refractivity contribution in [2.24, 2.45) is 0 Å². The van der Waals surface area contributed by atoms with Gasteiger partial charge in [0.15, 0.2) is 5.16 Å². The summed E-state index contributed by atoms with van der Waals surface area (Å²) >= 11 is 1.51. The lowest BCUT2D eigenvalue weighted by atomic mass is 10.2. The number of aromatic nitrogens is 2. The molecule has 1 atom stereocenters. The molecule has 0 saturated heterocycles. The average molecular weight is 410 g/mol. The monoisotopic (exact) mass is 409 g/mol. The van der Waals surface area contributed by atoms with Crippen LogP contribution in [-0.4, -0.2) is 33.4 Å². The van der Waals surface area contributed by atoms with E-state index >= 15 is 0 Å². The van der Waals surface area contributed by atoms with Crippen LogP contribution < -0.4 is 10.1 Å². The summed E-state index contributed by atoms with van der Waals surface area (Å²) in [7, 11) is 0. The minimum Gasteiger partial charge on any atom is -0.494 e. The number of hydrogen-bond donors (Lipinski definition) is 1. The topological polar surface area (TPSA) is 56.1 Å². The first-order valence-corrected chi connectivity index (χ1v) is 11.2. The van der Waals surface area contributed by atoms with Gasteiger partial charge in [-0.3, -0.25) is 9.36 Å². The maximum Gasteiger partial charge on any atom is 0.233 e. The van der Waals surface area contributed by atoms with Crippen molar-refractivity contribution < 1.29 is 9.53 Å². The molecule has 4 rings (SSSR count). The Kier molecular flexibility index (Phi) is 6.09. The third-order valence-corrected chi connectivity index (χ3v) is 6.34. The van der Waals surface area contributed by atoms with E-state index in [1.807, 2.05) is 56.3 Å². The van der Waals surface area contributed by atoms with E-state index in [4.69, 9.17) is 9.72 Å². The fourth-order valence-electron chi connectivity index (χ4n) is 3.79. The maximum absolute atomic E-state index is 12.7. The predicted molar refractivity (Wildman–Crippen MR) is 118 cm³/mol. The van der Waals surface area contributed by atoms with Crippen LogP contribution >= 0.6 is 11.8 Å². The smallest absolute Gasteiger partial charge is 0.233 e. The molecule has 0 aliphatic heterocycles. The molecule has 1 amide bonds. The quantitative estimate of drug-likeness (QED) is 0.560. The van der Waals surface area contributed by atoms with E-state index in [1.54, 1.807) is 0 Å². The van der Waals surface area contributed by atoms with Gasteiger partial charge in [0.25, 0.3) is 0 Å². The normalized spacial score (nSPS) is 15.5. The van der Waals surface area contributed by atoms with Crippen LogP contribution in [0.3, 0.4) is 0 Å². The highest BCUT2D eigenvalue weighted by Crippen LogP contribution is 2.31. The molecule has 1 N–H and O–H groups in total. The standard InChI is InChI=1S/C23H27N3O2S/c1-3-28-19-14-12-18(13-15-19)26-21-11-7-6-10-20(21)25-23(26)29-16(2)22(27)24-17-8-4-5-9-17/h6-7,10-17H,3-5,8-9H2,1-2H3,(H,24,27). The number of nitrogens with zero attached hydrogens (tertiary/aromatic N) is 2. The number of carbonyl (C=O) groups excluding carboxylic acids is 1. The molecule has 0 bridgehead atoms.